The van der Waals surface area contributed by atoms with E-state index in [1.54, 1.807) is 0 Å². The fourth-order valence-corrected chi connectivity index (χ4v) is 5.20. The molecule has 3 atom stereocenters. The number of aliphatic hydroxyl groups is 2. The van der Waals surface area contributed by atoms with Crippen LogP contribution in [0.2, 0.25) is 0 Å². The van der Waals surface area contributed by atoms with Gasteiger partial charge in [-0.1, -0.05) is 13.3 Å². The summed E-state index contributed by atoms with van der Waals surface area (Å²) in [6.07, 6.45) is 7.17. The summed E-state index contributed by atoms with van der Waals surface area (Å²) in [7, 11) is 0. The fraction of sp³-hybridized carbons (Fsp3) is 0.938. The lowest BCUT2D eigenvalue weighted by Gasteiger charge is -2.36. The molecule has 0 saturated carbocycles. The molecule has 0 heterocycles. The zero-order chi connectivity index (χ0) is 37.1. The van der Waals surface area contributed by atoms with E-state index in [0.717, 1.165) is 104 Å². The van der Waals surface area contributed by atoms with Crippen molar-refractivity contribution in [2.24, 2.45) is 28.9 Å². The topological polar surface area (TPSA) is 299 Å². The molecule has 0 aliphatic rings. The first-order chi connectivity index (χ1) is 24.2. The molecule has 4 amide bonds. The fourth-order valence-electron chi connectivity index (χ4n) is 5.20. The van der Waals surface area contributed by atoms with Gasteiger partial charge in [0, 0.05) is 32.6 Å². The molecule has 0 aromatic carbocycles. The third-order valence-corrected chi connectivity index (χ3v) is 8.14. The van der Waals surface area contributed by atoms with Crippen molar-refractivity contribution in [1.29, 1.82) is 0 Å². The number of rotatable bonds is 36. The van der Waals surface area contributed by atoms with Gasteiger partial charge in [0.1, 0.15) is 0 Å². The second-order valence-corrected chi connectivity index (χ2v) is 12.9. The number of nitrogens with two attached hydrogens (primary N) is 4. The summed E-state index contributed by atoms with van der Waals surface area (Å²) in [5.74, 6) is -0.300. The van der Waals surface area contributed by atoms with E-state index in [-0.39, 0.29) is 37.9 Å². The predicted molar refractivity (Wildman–Crippen MR) is 202 cm³/mol. The molecular formula is C32H76N14O4. The maximum Gasteiger partial charge on any atom is 0.329 e. The van der Waals surface area contributed by atoms with Gasteiger partial charge in [-0.25, -0.2) is 20.4 Å². The van der Waals surface area contributed by atoms with Crippen molar-refractivity contribution in [3.05, 3.63) is 0 Å². The summed E-state index contributed by atoms with van der Waals surface area (Å²) < 4.78 is 0. The Morgan fingerprint density at radius 2 is 0.960 bits per heavy atom. The van der Waals surface area contributed by atoms with Crippen LogP contribution >= 0.6 is 0 Å². The quantitative estimate of drug-likeness (QED) is 0.0176. The molecule has 18 nitrogen and oxygen atoms in total. The lowest BCUT2D eigenvalue weighted by atomic mass is 9.83. The van der Waals surface area contributed by atoms with Gasteiger partial charge < -0.3 is 65.0 Å². The summed E-state index contributed by atoms with van der Waals surface area (Å²) in [5.41, 5.74) is 32.9. The molecule has 298 valence electrons. The van der Waals surface area contributed by atoms with Crippen LogP contribution in [0, 0.1) is 5.92 Å². The highest BCUT2D eigenvalue weighted by Gasteiger charge is 2.33. The second kappa shape index (κ2) is 34.2. The monoisotopic (exact) mass is 721 g/mol. The normalized spacial score (nSPS) is 13.5. The number of nitrogens with one attached hydrogen (secondary N) is 10. The van der Waals surface area contributed by atoms with Gasteiger partial charge in [0.25, 0.3) is 0 Å². The first-order valence-electron chi connectivity index (χ1n) is 18.9. The molecule has 0 saturated heterocycles. The van der Waals surface area contributed by atoms with Crippen molar-refractivity contribution >= 4 is 12.1 Å². The molecule has 0 aliphatic heterocycles. The first-order valence-corrected chi connectivity index (χ1v) is 18.9. The first kappa shape index (κ1) is 48.1. The molecule has 3 unspecified atom stereocenters. The average molecular weight is 721 g/mol. The number of carbonyl (C=O) groups excluding carboxylic acids is 2. The molecule has 0 aromatic rings. The maximum atomic E-state index is 12.0. The highest BCUT2D eigenvalue weighted by atomic mass is 16.3. The Labute approximate surface area is 301 Å². The number of urea groups is 2. The SMILES string of the molecule is CCC(CC(O)CNNC(=O)NCCCNCCCCNCCCN)C(N)(N)CC(O)CNNC(=O)NCCCNCCCCNCCCN. The molecular weight excluding hydrogens is 644 g/mol. The number of hydrazine groups is 2. The Kier molecular flexibility index (Phi) is 32.8. The molecule has 0 bridgehead atoms. The Morgan fingerprint density at radius 3 is 1.36 bits per heavy atom. The number of aliphatic hydroxyl groups excluding tert-OH is 2. The molecule has 0 spiro atoms. The lowest BCUT2D eigenvalue weighted by molar-refractivity contribution is 0.0716. The smallest absolute Gasteiger partial charge is 0.329 e. The van der Waals surface area contributed by atoms with Gasteiger partial charge in [-0.05, 0) is 129 Å². The summed E-state index contributed by atoms with van der Waals surface area (Å²) in [6, 6.07) is -0.766. The van der Waals surface area contributed by atoms with E-state index in [2.05, 4.69) is 53.6 Å². The summed E-state index contributed by atoms with van der Waals surface area (Å²) in [4.78, 5) is 24.1. The van der Waals surface area contributed by atoms with Gasteiger partial charge in [0.15, 0.2) is 0 Å². The van der Waals surface area contributed by atoms with E-state index in [9.17, 15) is 19.8 Å². The number of carbonyl (C=O) groups is 2. The Morgan fingerprint density at radius 1 is 0.580 bits per heavy atom. The Bertz CT molecular complexity index is 787. The zero-order valence-electron chi connectivity index (χ0n) is 30.9. The lowest BCUT2D eigenvalue weighted by Crippen LogP contribution is -2.59. The minimum Gasteiger partial charge on any atom is -0.392 e. The van der Waals surface area contributed by atoms with Crippen LogP contribution in [-0.4, -0.2) is 132 Å². The minimum absolute atomic E-state index is 0.0511. The number of amides is 4. The Balaban J connectivity index is 3.93. The third kappa shape index (κ3) is 30.8. The highest BCUT2D eigenvalue weighted by Crippen LogP contribution is 2.23. The molecule has 0 aromatic heterocycles. The summed E-state index contributed by atoms with van der Waals surface area (Å²) in [5, 5.41) is 40.0. The van der Waals surface area contributed by atoms with Crippen LogP contribution < -0.4 is 76.5 Å². The Hall–Kier alpha value is -1.94. The van der Waals surface area contributed by atoms with Crippen LogP contribution in [0.15, 0.2) is 0 Å². The highest BCUT2D eigenvalue weighted by molar-refractivity contribution is 5.73. The van der Waals surface area contributed by atoms with Crippen LogP contribution in [-0.2, 0) is 0 Å². The van der Waals surface area contributed by atoms with Crippen molar-refractivity contribution in [2.45, 2.75) is 95.4 Å². The van der Waals surface area contributed by atoms with Crippen molar-refractivity contribution in [3.63, 3.8) is 0 Å². The van der Waals surface area contributed by atoms with Gasteiger partial charge in [-0.3, -0.25) is 10.9 Å². The van der Waals surface area contributed by atoms with Gasteiger partial charge in [0.05, 0.1) is 17.9 Å². The standard InChI is InChI=1S/C32H76N14O4/c1-2-27(23-28(47)25-43-45-30(49)41-21-9-19-39-15-5-3-13-37-17-7-11-33)32(35,36)24-29(48)26-44-46-31(50)42-22-10-20-40-16-6-4-14-38-18-8-12-34/h27-29,37-40,43-44,47-48H,2-26,33-36H2,1H3,(H2,41,45,49)(H2,42,46,50). The molecule has 0 fully saturated rings. The molecule has 0 aliphatic carbocycles. The number of hydrogen-bond donors (Lipinski definition) is 16. The van der Waals surface area contributed by atoms with Crippen molar-refractivity contribution < 1.29 is 19.8 Å². The van der Waals surface area contributed by atoms with Gasteiger partial charge in [0.2, 0.25) is 0 Å². The third-order valence-electron chi connectivity index (χ3n) is 8.14. The van der Waals surface area contributed by atoms with Crippen molar-refractivity contribution in [2.75, 3.05) is 91.6 Å². The summed E-state index contributed by atoms with van der Waals surface area (Å²) >= 11 is 0. The molecule has 18 heteroatoms. The number of unbranched alkanes of at least 4 members (excludes halogenated alkanes) is 2. The largest absolute Gasteiger partial charge is 0.392 e. The molecule has 0 radical (unpaired) electrons. The number of hydrogen-bond acceptors (Lipinski definition) is 14. The molecule has 0 rings (SSSR count). The van der Waals surface area contributed by atoms with Crippen molar-refractivity contribution in [3.8, 4) is 0 Å². The van der Waals surface area contributed by atoms with Gasteiger partial charge in [-0.15, -0.1) is 0 Å². The summed E-state index contributed by atoms with van der Waals surface area (Å²) in [6.45, 7) is 12.0. The van der Waals surface area contributed by atoms with Gasteiger partial charge in [-0.2, -0.15) is 0 Å². The van der Waals surface area contributed by atoms with E-state index >= 15 is 0 Å². The van der Waals surface area contributed by atoms with Gasteiger partial charge >= 0.3 is 12.1 Å². The van der Waals surface area contributed by atoms with Crippen LogP contribution in [0.3, 0.4) is 0 Å². The molecule has 20 N–H and O–H groups in total. The van der Waals surface area contributed by atoms with Crippen LogP contribution in [0.4, 0.5) is 9.59 Å². The van der Waals surface area contributed by atoms with E-state index in [4.69, 9.17) is 22.9 Å². The van der Waals surface area contributed by atoms with Crippen LogP contribution in [0.1, 0.15) is 77.6 Å². The predicted octanol–water partition coefficient (Wildman–Crippen LogP) is -2.87. The minimum atomic E-state index is -1.26. The van der Waals surface area contributed by atoms with Crippen molar-refractivity contribution in [1.82, 2.24) is 53.6 Å². The maximum absolute atomic E-state index is 12.0. The van der Waals surface area contributed by atoms with E-state index in [0.29, 0.717) is 32.6 Å². The second-order valence-electron chi connectivity index (χ2n) is 12.9. The van der Waals surface area contributed by atoms with Crippen LogP contribution in [0.5, 0.6) is 0 Å². The van der Waals surface area contributed by atoms with E-state index in [1.165, 1.54) is 0 Å². The zero-order valence-corrected chi connectivity index (χ0v) is 30.9. The van der Waals surface area contributed by atoms with E-state index in [1.807, 2.05) is 6.92 Å². The van der Waals surface area contributed by atoms with E-state index < -0.39 is 23.9 Å². The molecule has 50 heavy (non-hydrogen) atoms. The average Bonchev–Trinajstić information content (AvgIpc) is 3.07. The van der Waals surface area contributed by atoms with Crippen LogP contribution in [0.25, 0.3) is 0 Å².